The van der Waals surface area contributed by atoms with E-state index in [1.807, 2.05) is 0 Å². The van der Waals surface area contributed by atoms with Gasteiger partial charge in [-0.05, 0) is 25.6 Å². The fourth-order valence-corrected chi connectivity index (χ4v) is 0.980. The Kier molecular flexibility index (Phi) is 10.6. The number of aliphatic hydroxyl groups is 1. The van der Waals surface area contributed by atoms with Crippen LogP contribution in [0.2, 0.25) is 0 Å². The summed E-state index contributed by atoms with van der Waals surface area (Å²) in [5, 5.41) is 17.9. The second-order valence-electron chi connectivity index (χ2n) is 3.32. The number of carbonyl (C=O) groups excluding carboxylic acids is 3. The molecule has 2 aliphatic heterocycles. The molecule has 0 aliphatic carbocycles. The van der Waals surface area contributed by atoms with E-state index in [0.29, 0.717) is 13.0 Å². The molecule has 2 heterocycles. The minimum absolute atomic E-state index is 0. The monoisotopic (exact) mass is 302 g/mol. The van der Waals surface area contributed by atoms with Crippen molar-refractivity contribution in [2.75, 3.05) is 19.8 Å². The summed E-state index contributed by atoms with van der Waals surface area (Å²) >= 11 is 0. The third-order valence-corrected chi connectivity index (χ3v) is 1.77. The van der Waals surface area contributed by atoms with Gasteiger partial charge in [-0.1, -0.05) is 0 Å². The zero-order chi connectivity index (χ0) is 18.1. The number of hydrogen-bond donors (Lipinski definition) is 1. The first-order chi connectivity index (χ1) is 10.5. The molecule has 0 unspecified atom stereocenters. The van der Waals surface area contributed by atoms with Crippen molar-refractivity contribution in [3.8, 4) is 0 Å². The van der Waals surface area contributed by atoms with Crippen LogP contribution in [0.5, 0.6) is 0 Å². The van der Waals surface area contributed by atoms with Crippen molar-refractivity contribution in [1.82, 2.24) is 0 Å². The Labute approximate surface area is 145 Å². The van der Waals surface area contributed by atoms with Gasteiger partial charge in [0.2, 0.25) is 0 Å². The molecule has 0 saturated carbocycles. The van der Waals surface area contributed by atoms with Crippen LogP contribution in [0.1, 0.15) is 43.9 Å². The third-order valence-electron chi connectivity index (χ3n) is 1.77. The van der Waals surface area contributed by atoms with E-state index in [0.717, 1.165) is 6.42 Å². The number of carbonyl (C=O) groups is 3. The predicted molar refractivity (Wildman–Crippen MR) is 61.7 cm³/mol. The van der Waals surface area contributed by atoms with E-state index < -0.39 is 37.7 Å². The van der Waals surface area contributed by atoms with E-state index in [1.54, 1.807) is 0 Å². The number of rotatable bonds is 3. The van der Waals surface area contributed by atoms with Crippen LogP contribution in [0.3, 0.4) is 0 Å². The summed E-state index contributed by atoms with van der Waals surface area (Å²) in [5.74, 6) is -2.55. The zero-order valence-electron chi connectivity index (χ0n) is 15.3. The van der Waals surface area contributed by atoms with E-state index in [4.69, 9.17) is 10.6 Å². The number of hydrogen-bond acceptors (Lipinski definition) is 7. The van der Waals surface area contributed by atoms with Gasteiger partial charge in [-0.3, -0.25) is 9.59 Å². The molecule has 7 nitrogen and oxygen atoms in total. The number of aliphatic hydroxyl groups excluding tert-OH is 1. The second kappa shape index (κ2) is 14.8. The molecule has 1 N–H and O–H groups in total. The van der Waals surface area contributed by atoms with E-state index in [-0.39, 0.29) is 48.6 Å². The van der Waals surface area contributed by atoms with Crippen molar-refractivity contribution in [3.63, 3.8) is 0 Å². The minimum atomic E-state index is -2.39. The third kappa shape index (κ3) is 15.4. The standard InChI is InChI=1S/C4H8O3.2C4H6O2.Na/c5-3-1-2-4(6)7;2*5-4-2-1-3-6-4;/h5H,1-3H2,(H,6,7);2*1-3H2;/q;;;+1/p-1/i2*2D2;;. The summed E-state index contributed by atoms with van der Waals surface area (Å²) in [6.45, 7) is 0.381. The first kappa shape index (κ1) is 14.3. The predicted octanol–water partition coefficient (Wildman–Crippen LogP) is -3.84. The fourth-order valence-electron chi connectivity index (χ4n) is 0.980. The van der Waals surface area contributed by atoms with Gasteiger partial charge < -0.3 is 24.5 Å². The number of ether oxygens (including phenoxy) is 2. The Morgan fingerprint density at radius 2 is 1.90 bits per heavy atom. The van der Waals surface area contributed by atoms with Gasteiger partial charge in [0.15, 0.2) is 0 Å². The van der Waals surface area contributed by atoms with Crippen LogP contribution in [0.15, 0.2) is 0 Å². The summed E-state index contributed by atoms with van der Waals surface area (Å²) < 4.78 is 35.9. The van der Waals surface area contributed by atoms with Crippen LogP contribution in [-0.4, -0.2) is 42.8 Å². The Hall–Kier alpha value is -0.630. The van der Waals surface area contributed by atoms with Gasteiger partial charge in [0.25, 0.3) is 0 Å². The van der Waals surface area contributed by atoms with Crippen molar-refractivity contribution >= 4 is 17.9 Å². The van der Waals surface area contributed by atoms with Crippen LogP contribution < -0.4 is 34.7 Å². The molecule has 0 aromatic carbocycles. The summed E-state index contributed by atoms with van der Waals surface area (Å²) in [7, 11) is 0. The average Bonchev–Trinajstić information content (AvgIpc) is 3.01. The molecule has 0 aromatic heterocycles. The largest absolute Gasteiger partial charge is 1.00 e. The molecule has 2 aliphatic rings. The SMILES string of the molecule is O=C1CCCO1.[2H]C([2H])(CCO)C(=O)[O-].[2H]C1([2H])CCOC1=O.[Na+]. The van der Waals surface area contributed by atoms with E-state index in [1.165, 1.54) is 0 Å². The maximum Gasteiger partial charge on any atom is 1.00 e. The number of cyclic esters (lactones) is 2. The van der Waals surface area contributed by atoms with Gasteiger partial charge in [0, 0.05) is 30.9 Å². The van der Waals surface area contributed by atoms with Crippen LogP contribution in [0.25, 0.3) is 0 Å². The maximum absolute atomic E-state index is 10.3. The van der Waals surface area contributed by atoms with Gasteiger partial charge >= 0.3 is 41.5 Å². The summed E-state index contributed by atoms with van der Waals surface area (Å²) in [6, 6.07) is 0. The minimum Gasteiger partial charge on any atom is -0.550 e. The molecule has 2 rings (SSSR count). The number of esters is 2. The van der Waals surface area contributed by atoms with Crippen LogP contribution in [-0.2, 0) is 23.9 Å². The van der Waals surface area contributed by atoms with Gasteiger partial charge in [-0.25, -0.2) is 0 Å². The summed E-state index contributed by atoms with van der Waals surface area (Å²) in [5.41, 5.74) is 0. The molecule has 110 valence electrons. The van der Waals surface area contributed by atoms with Crippen molar-refractivity contribution in [2.45, 2.75) is 38.4 Å². The Morgan fingerprint density at radius 3 is 2.05 bits per heavy atom. The first-order valence-electron chi connectivity index (χ1n) is 7.68. The normalized spacial score (nSPS) is 21.9. The Balaban J connectivity index is 0. The topological polar surface area (TPSA) is 113 Å². The first-order valence-corrected chi connectivity index (χ1v) is 5.68. The van der Waals surface area contributed by atoms with Crippen LogP contribution >= 0.6 is 0 Å². The molecule has 0 amide bonds. The fraction of sp³-hybridized carbons (Fsp3) is 0.750. The molecule has 0 bridgehead atoms. The van der Waals surface area contributed by atoms with E-state index in [2.05, 4.69) is 9.47 Å². The summed E-state index contributed by atoms with van der Waals surface area (Å²) in [6.07, 6.45) is -2.78. The van der Waals surface area contributed by atoms with Crippen LogP contribution in [0, 0.1) is 0 Å². The molecule has 20 heavy (non-hydrogen) atoms. The molecular formula is C12H19NaO7. The van der Waals surface area contributed by atoms with E-state index in [9.17, 15) is 19.5 Å². The molecule has 2 saturated heterocycles. The molecular weight excluding hydrogens is 279 g/mol. The van der Waals surface area contributed by atoms with Gasteiger partial charge in [-0.2, -0.15) is 0 Å². The number of aliphatic carboxylic acids is 1. The molecule has 2 fully saturated rings. The number of carboxylic acid groups (broad SMARTS) is 1. The molecule has 0 radical (unpaired) electrons. The summed E-state index contributed by atoms with van der Waals surface area (Å²) in [4.78, 5) is 30.1. The number of carboxylic acids is 1. The van der Waals surface area contributed by atoms with Crippen LogP contribution in [0.4, 0.5) is 0 Å². The van der Waals surface area contributed by atoms with Crippen molar-refractivity contribution in [1.29, 1.82) is 0 Å². The van der Waals surface area contributed by atoms with Crippen molar-refractivity contribution in [2.24, 2.45) is 0 Å². The Bertz CT molecular complexity index is 424. The second-order valence-corrected chi connectivity index (χ2v) is 3.32. The van der Waals surface area contributed by atoms with Gasteiger partial charge in [0.1, 0.15) is 0 Å². The smallest absolute Gasteiger partial charge is 0.550 e. The van der Waals surface area contributed by atoms with Crippen molar-refractivity contribution < 1.29 is 69.1 Å². The van der Waals surface area contributed by atoms with E-state index >= 15 is 0 Å². The molecule has 0 atom stereocenters. The molecule has 8 heteroatoms. The molecule has 0 aromatic rings. The van der Waals surface area contributed by atoms with Gasteiger partial charge in [0.05, 0.1) is 13.2 Å². The van der Waals surface area contributed by atoms with Crippen molar-refractivity contribution in [3.05, 3.63) is 0 Å². The Morgan fingerprint density at radius 1 is 1.30 bits per heavy atom. The van der Waals surface area contributed by atoms with Gasteiger partial charge in [-0.15, -0.1) is 0 Å². The average molecular weight is 302 g/mol. The zero-order valence-corrected chi connectivity index (χ0v) is 13.3. The quantitative estimate of drug-likeness (QED) is 0.419. The molecule has 0 spiro atoms. The maximum atomic E-state index is 10.3.